The summed E-state index contributed by atoms with van der Waals surface area (Å²) in [6, 6.07) is 9.49. The molecule has 1 aliphatic rings. The summed E-state index contributed by atoms with van der Waals surface area (Å²) < 4.78 is 23.6. The number of aryl methyl sites for hydroxylation is 1. The van der Waals surface area contributed by atoms with Crippen molar-refractivity contribution in [2.45, 2.75) is 65.8 Å². The summed E-state index contributed by atoms with van der Waals surface area (Å²) >= 11 is 0. The number of imide groups is 1. The quantitative estimate of drug-likeness (QED) is 0.163. The third-order valence-electron chi connectivity index (χ3n) is 6.20. The second-order valence-corrected chi connectivity index (χ2v) is 12.5. The molecule has 0 spiro atoms. The molecular formula is C24H37NO7P+. The lowest BCUT2D eigenvalue weighted by atomic mass is 9.98. The summed E-state index contributed by atoms with van der Waals surface area (Å²) in [4.78, 5) is 37.3. The van der Waals surface area contributed by atoms with E-state index in [0.717, 1.165) is 18.4 Å². The number of unbranched alkanes of at least 4 members (excludes halogenated alkanes) is 1. The molecule has 2 amide bonds. The number of carbonyl (C=O) groups excluding carboxylic acids is 2. The number of esters is 1. The number of rotatable bonds is 10. The zero-order chi connectivity index (χ0) is 24.7. The van der Waals surface area contributed by atoms with Crippen LogP contribution in [0.5, 0.6) is 0 Å². The van der Waals surface area contributed by atoms with Crippen molar-refractivity contribution in [1.29, 1.82) is 0 Å². The van der Waals surface area contributed by atoms with Gasteiger partial charge in [-0.05, 0) is 52.5 Å². The monoisotopic (exact) mass is 482 g/mol. The zero-order valence-corrected chi connectivity index (χ0v) is 21.0. The zero-order valence-electron chi connectivity index (χ0n) is 20.1. The first kappa shape index (κ1) is 27.2. The van der Waals surface area contributed by atoms with E-state index in [0.29, 0.717) is 19.3 Å². The minimum atomic E-state index is -3.57. The third kappa shape index (κ3) is 7.23. The second-order valence-electron chi connectivity index (χ2n) is 9.83. The van der Waals surface area contributed by atoms with Gasteiger partial charge in [0.15, 0.2) is 6.79 Å². The highest BCUT2D eigenvalue weighted by atomic mass is 31.2. The van der Waals surface area contributed by atoms with Crippen LogP contribution >= 0.6 is 7.37 Å². The fourth-order valence-corrected chi connectivity index (χ4v) is 6.07. The summed E-state index contributed by atoms with van der Waals surface area (Å²) in [6.07, 6.45) is 1.71. The van der Waals surface area contributed by atoms with Crippen LogP contribution in [0.15, 0.2) is 30.3 Å². The Balaban J connectivity index is 2.08. The first-order chi connectivity index (χ1) is 15.4. The number of benzene rings is 1. The summed E-state index contributed by atoms with van der Waals surface area (Å²) in [7, 11) is -3.57. The summed E-state index contributed by atoms with van der Waals surface area (Å²) in [6.45, 7) is 6.47. The number of quaternary nitrogens is 1. The smallest absolute Gasteiger partial charge is 0.438 e. The lowest BCUT2D eigenvalue weighted by molar-refractivity contribution is -0.791. The van der Waals surface area contributed by atoms with Gasteiger partial charge in [0.2, 0.25) is 7.37 Å². The molecule has 8 nitrogen and oxygen atoms in total. The minimum Gasteiger partial charge on any atom is -0.438 e. The highest BCUT2D eigenvalue weighted by Crippen LogP contribution is 2.49. The normalized spacial score (nSPS) is 22.5. The Morgan fingerprint density at radius 3 is 2.36 bits per heavy atom. The lowest BCUT2D eigenvalue weighted by Crippen LogP contribution is -2.59. The van der Waals surface area contributed by atoms with Crippen molar-refractivity contribution in [1.82, 2.24) is 0 Å². The van der Waals surface area contributed by atoms with E-state index in [2.05, 4.69) is 0 Å². The Bertz CT molecular complexity index is 881. The van der Waals surface area contributed by atoms with Crippen LogP contribution in [0.1, 0.15) is 58.9 Å². The lowest BCUT2D eigenvalue weighted by Gasteiger charge is -2.31. The van der Waals surface area contributed by atoms with Crippen LogP contribution in [0, 0.1) is 5.41 Å². The Morgan fingerprint density at radius 2 is 1.82 bits per heavy atom. The Hall–Kier alpha value is -2.02. The van der Waals surface area contributed by atoms with Gasteiger partial charge in [0.25, 0.3) is 0 Å². The first-order valence-corrected chi connectivity index (χ1v) is 13.5. The Labute approximate surface area is 196 Å². The molecule has 184 valence electrons. The Kier molecular flexibility index (Phi) is 9.41. The molecule has 0 saturated carbocycles. The van der Waals surface area contributed by atoms with E-state index >= 15 is 0 Å². The van der Waals surface area contributed by atoms with Gasteiger partial charge in [0.1, 0.15) is 12.2 Å². The first-order valence-electron chi connectivity index (χ1n) is 11.5. The highest BCUT2D eigenvalue weighted by Gasteiger charge is 2.54. The maximum absolute atomic E-state index is 13.7. The molecule has 1 fully saturated rings. The number of nitrogens with zero attached hydrogens (tertiary/aromatic N) is 1. The molecule has 9 heteroatoms. The van der Waals surface area contributed by atoms with E-state index in [9.17, 15) is 24.1 Å². The molecule has 33 heavy (non-hydrogen) atoms. The molecule has 0 bridgehead atoms. The molecule has 0 aliphatic carbocycles. The maximum Gasteiger partial charge on any atom is 0.521 e. The van der Waals surface area contributed by atoms with E-state index in [1.165, 1.54) is 0 Å². The molecule has 2 rings (SSSR count). The highest BCUT2D eigenvalue weighted by molar-refractivity contribution is 7.59. The van der Waals surface area contributed by atoms with Crippen LogP contribution in [-0.4, -0.2) is 59.3 Å². The van der Waals surface area contributed by atoms with Gasteiger partial charge >= 0.3 is 18.0 Å². The van der Waals surface area contributed by atoms with E-state index in [4.69, 9.17) is 9.26 Å². The average Bonchev–Trinajstić information content (AvgIpc) is 3.14. The predicted molar refractivity (Wildman–Crippen MR) is 125 cm³/mol. The SMILES string of the molecule is C[C@@H]1CCC[N+]1(C(=O)O)C(=O)CP(=O)(CCCCc1ccccc1)OCOC(=O)C(C)(C)C. The number of amides is 2. The Morgan fingerprint density at radius 1 is 1.15 bits per heavy atom. The third-order valence-corrected chi connectivity index (χ3v) is 8.52. The molecule has 1 heterocycles. The van der Waals surface area contributed by atoms with Gasteiger partial charge in [-0.2, -0.15) is 9.28 Å². The molecule has 1 aliphatic heterocycles. The van der Waals surface area contributed by atoms with Crippen LogP contribution in [0.3, 0.4) is 0 Å². The molecule has 0 radical (unpaired) electrons. The van der Waals surface area contributed by atoms with Crippen molar-refractivity contribution >= 4 is 25.3 Å². The van der Waals surface area contributed by atoms with Gasteiger partial charge < -0.3 is 9.84 Å². The van der Waals surface area contributed by atoms with Crippen molar-refractivity contribution < 1.29 is 37.8 Å². The number of carbonyl (C=O) groups is 3. The summed E-state index contributed by atoms with van der Waals surface area (Å²) in [5, 5.41) is 9.83. The number of hydrogen-bond acceptors (Lipinski definition) is 6. The van der Waals surface area contributed by atoms with Crippen LogP contribution in [-0.2, 0) is 29.8 Å². The maximum atomic E-state index is 13.7. The largest absolute Gasteiger partial charge is 0.521 e. The molecule has 1 N–H and O–H groups in total. The summed E-state index contributed by atoms with van der Waals surface area (Å²) in [5.74, 6) is -1.12. The molecule has 1 saturated heterocycles. The van der Waals surface area contributed by atoms with E-state index in [1.807, 2.05) is 30.3 Å². The van der Waals surface area contributed by atoms with E-state index in [-0.39, 0.29) is 18.7 Å². The molecular weight excluding hydrogens is 445 g/mol. The van der Waals surface area contributed by atoms with Gasteiger partial charge in [0.05, 0.1) is 12.0 Å². The van der Waals surface area contributed by atoms with Crippen LogP contribution in [0.2, 0.25) is 0 Å². The second kappa shape index (κ2) is 11.4. The van der Waals surface area contributed by atoms with Crippen LogP contribution < -0.4 is 0 Å². The van der Waals surface area contributed by atoms with Crippen molar-refractivity contribution in [3.05, 3.63) is 35.9 Å². The predicted octanol–water partition coefficient (Wildman–Crippen LogP) is 5.05. The number of ether oxygens (including phenoxy) is 1. The van der Waals surface area contributed by atoms with Gasteiger partial charge in [-0.25, -0.2) is 4.79 Å². The molecule has 3 atom stereocenters. The van der Waals surface area contributed by atoms with Gasteiger partial charge in [-0.1, -0.05) is 30.3 Å². The van der Waals surface area contributed by atoms with Crippen molar-refractivity contribution in [2.75, 3.05) is 25.7 Å². The van der Waals surface area contributed by atoms with Crippen LogP contribution in [0.25, 0.3) is 0 Å². The molecule has 2 unspecified atom stereocenters. The fraction of sp³-hybridized carbons (Fsp3) is 0.625. The van der Waals surface area contributed by atoms with Gasteiger partial charge in [-0.3, -0.25) is 13.9 Å². The number of hydrogen-bond donors (Lipinski definition) is 1. The van der Waals surface area contributed by atoms with Gasteiger partial charge in [0, 0.05) is 19.0 Å². The topological polar surface area (TPSA) is 107 Å². The van der Waals surface area contributed by atoms with E-state index < -0.39 is 48.2 Å². The fourth-order valence-electron chi connectivity index (χ4n) is 4.08. The molecule has 1 aromatic rings. The van der Waals surface area contributed by atoms with Gasteiger partial charge in [-0.15, -0.1) is 0 Å². The number of carboxylic acid groups (broad SMARTS) is 1. The standard InChI is InChI=1S/C24H36NO7P/c1-19-11-10-15-25(19,23(28)29)21(26)17-33(30,32-18-31-22(27)24(2,3)4)16-9-8-14-20-12-6-5-7-13-20/h5-7,12-13,19H,8-11,14-18H2,1-4H3/p+1/t19-,25?,33?/m1/s1. The average molecular weight is 483 g/mol. The molecule has 0 aromatic heterocycles. The van der Waals surface area contributed by atoms with Crippen molar-refractivity contribution in [3.63, 3.8) is 0 Å². The van der Waals surface area contributed by atoms with Crippen molar-refractivity contribution in [2.24, 2.45) is 5.41 Å². The molecule has 1 aromatic carbocycles. The van der Waals surface area contributed by atoms with Crippen LogP contribution in [0.4, 0.5) is 4.79 Å². The minimum absolute atomic E-state index is 0.118. The van der Waals surface area contributed by atoms with Crippen molar-refractivity contribution in [3.8, 4) is 0 Å². The summed E-state index contributed by atoms with van der Waals surface area (Å²) in [5.41, 5.74) is 0.410. The van der Waals surface area contributed by atoms with E-state index in [1.54, 1.807) is 27.7 Å². The number of likely N-dealkylation sites (tertiary alicyclic amines) is 1.